The second kappa shape index (κ2) is 10.6. The standard InChI is InChI=1S/C22H32N4O4/c1-25(15-18-5-6-19(29-3)20(13-18)30-12-11-28-2)16-22(27)7-4-10-26(17-22)21-14-23-8-9-24-21/h5-6,8-9,13-14,27H,4,7,10-12,15-17H2,1-3H3/t22-/m1/s1. The van der Waals surface area contributed by atoms with E-state index < -0.39 is 5.60 Å². The van der Waals surface area contributed by atoms with Gasteiger partial charge in [0.1, 0.15) is 12.4 Å². The first kappa shape index (κ1) is 22.3. The van der Waals surface area contributed by atoms with Gasteiger partial charge in [0.15, 0.2) is 11.5 Å². The Kier molecular flexibility index (Phi) is 7.84. The Morgan fingerprint density at radius 1 is 1.20 bits per heavy atom. The fraction of sp³-hybridized carbons (Fsp3) is 0.545. The molecule has 2 aromatic rings. The zero-order valence-electron chi connectivity index (χ0n) is 18.1. The van der Waals surface area contributed by atoms with Gasteiger partial charge in [-0.15, -0.1) is 0 Å². The van der Waals surface area contributed by atoms with Crippen molar-refractivity contribution in [1.82, 2.24) is 14.9 Å². The third-order valence-corrected chi connectivity index (χ3v) is 5.22. The summed E-state index contributed by atoms with van der Waals surface area (Å²) in [5.74, 6) is 2.21. The minimum atomic E-state index is -0.797. The van der Waals surface area contributed by atoms with Crippen LogP contribution in [0.15, 0.2) is 36.8 Å². The molecule has 8 heteroatoms. The number of benzene rings is 1. The number of anilines is 1. The van der Waals surface area contributed by atoms with Crippen LogP contribution in [0.1, 0.15) is 18.4 Å². The minimum absolute atomic E-state index is 0.462. The Bertz CT molecular complexity index is 792. The van der Waals surface area contributed by atoms with Gasteiger partial charge in [-0.05, 0) is 37.6 Å². The molecule has 2 heterocycles. The van der Waals surface area contributed by atoms with Crippen LogP contribution in [-0.2, 0) is 11.3 Å². The van der Waals surface area contributed by atoms with Crippen LogP contribution >= 0.6 is 0 Å². The van der Waals surface area contributed by atoms with Crippen LogP contribution in [0.25, 0.3) is 0 Å². The van der Waals surface area contributed by atoms with Gasteiger partial charge in [0.05, 0.1) is 25.5 Å². The summed E-state index contributed by atoms with van der Waals surface area (Å²) in [6, 6.07) is 5.92. The first-order valence-corrected chi connectivity index (χ1v) is 10.2. The molecule has 0 unspecified atom stereocenters. The molecule has 1 aliphatic heterocycles. The number of hydrogen-bond acceptors (Lipinski definition) is 8. The average molecular weight is 417 g/mol. The summed E-state index contributed by atoms with van der Waals surface area (Å²) in [4.78, 5) is 12.8. The molecule has 1 aromatic carbocycles. The highest BCUT2D eigenvalue weighted by Gasteiger charge is 2.35. The number of ether oxygens (including phenoxy) is 3. The molecular formula is C22H32N4O4. The lowest BCUT2D eigenvalue weighted by atomic mass is 9.92. The quantitative estimate of drug-likeness (QED) is 0.589. The number of hydrogen-bond donors (Lipinski definition) is 1. The largest absolute Gasteiger partial charge is 0.493 e. The molecule has 0 saturated carbocycles. The van der Waals surface area contributed by atoms with Crippen LogP contribution < -0.4 is 14.4 Å². The van der Waals surface area contributed by atoms with Gasteiger partial charge in [0, 0.05) is 45.7 Å². The van der Waals surface area contributed by atoms with E-state index in [0.29, 0.717) is 44.3 Å². The van der Waals surface area contributed by atoms with E-state index in [9.17, 15) is 5.11 Å². The van der Waals surface area contributed by atoms with E-state index in [1.165, 1.54) is 0 Å². The number of likely N-dealkylation sites (N-methyl/N-ethyl adjacent to an activating group) is 1. The van der Waals surface area contributed by atoms with E-state index in [2.05, 4.69) is 19.8 Å². The lowest BCUT2D eigenvalue weighted by Crippen LogP contribution is -2.54. The van der Waals surface area contributed by atoms with Crippen molar-refractivity contribution in [3.05, 3.63) is 42.4 Å². The van der Waals surface area contributed by atoms with Gasteiger partial charge >= 0.3 is 0 Å². The molecule has 1 aliphatic rings. The highest BCUT2D eigenvalue weighted by Crippen LogP contribution is 2.29. The molecule has 1 fully saturated rings. The van der Waals surface area contributed by atoms with Gasteiger partial charge in [0.25, 0.3) is 0 Å². The predicted octanol–water partition coefficient (Wildman–Crippen LogP) is 1.97. The predicted molar refractivity (Wildman–Crippen MR) is 115 cm³/mol. The van der Waals surface area contributed by atoms with Crippen LogP contribution in [0.3, 0.4) is 0 Å². The Morgan fingerprint density at radius 2 is 2.07 bits per heavy atom. The summed E-state index contributed by atoms with van der Waals surface area (Å²) in [7, 11) is 5.30. The third-order valence-electron chi connectivity index (χ3n) is 5.22. The molecule has 3 rings (SSSR count). The Hall–Kier alpha value is -2.42. The smallest absolute Gasteiger partial charge is 0.161 e. The lowest BCUT2D eigenvalue weighted by Gasteiger charge is -2.41. The molecule has 1 atom stereocenters. The number of rotatable bonds is 10. The number of β-amino-alcohol motifs (C(OH)–C–C–N with tert-alkyl or cyclic N) is 1. The molecule has 8 nitrogen and oxygen atoms in total. The maximum absolute atomic E-state index is 11.2. The van der Waals surface area contributed by atoms with Crippen molar-refractivity contribution >= 4 is 5.82 Å². The van der Waals surface area contributed by atoms with Gasteiger partial charge in [-0.2, -0.15) is 0 Å². The highest BCUT2D eigenvalue weighted by atomic mass is 16.5. The molecule has 1 aromatic heterocycles. The fourth-order valence-corrected chi connectivity index (χ4v) is 3.93. The molecule has 0 bridgehead atoms. The third kappa shape index (κ3) is 6.04. The molecular weight excluding hydrogens is 384 g/mol. The summed E-state index contributed by atoms with van der Waals surface area (Å²) < 4.78 is 16.2. The molecule has 0 amide bonds. The minimum Gasteiger partial charge on any atom is -0.493 e. The van der Waals surface area contributed by atoms with Crippen LogP contribution in [0.5, 0.6) is 11.5 Å². The van der Waals surface area contributed by atoms with Crippen LogP contribution in [0.4, 0.5) is 5.82 Å². The average Bonchev–Trinajstić information content (AvgIpc) is 2.74. The van der Waals surface area contributed by atoms with Crippen molar-refractivity contribution in [3.8, 4) is 11.5 Å². The number of piperidine rings is 1. The van der Waals surface area contributed by atoms with Crippen molar-refractivity contribution in [3.63, 3.8) is 0 Å². The van der Waals surface area contributed by atoms with Gasteiger partial charge in [-0.3, -0.25) is 9.88 Å². The highest BCUT2D eigenvalue weighted by molar-refractivity contribution is 5.43. The summed E-state index contributed by atoms with van der Waals surface area (Å²) in [5, 5.41) is 11.2. The topological polar surface area (TPSA) is 80.2 Å². The zero-order chi connectivity index (χ0) is 21.4. The second-order valence-electron chi connectivity index (χ2n) is 7.81. The molecule has 1 N–H and O–H groups in total. The van der Waals surface area contributed by atoms with E-state index in [0.717, 1.165) is 30.8 Å². The van der Waals surface area contributed by atoms with Gasteiger partial charge in [-0.25, -0.2) is 4.98 Å². The second-order valence-corrected chi connectivity index (χ2v) is 7.81. The number of aromatic nitrogens is 2. The summed E-state index contributed by atoms with van der Waals surface area (Å²) in [6.07, 6.45) is 6.78. The Morgan fingerprint density at radius 3 is 2.80 bits per heavy atom. The van der Waals surface area contributed by atoms with E-state index >= 15 is 0 Å². The van der Waals surface area contributed by atoms with Gasteiger partial charge in [0.2, 0.25) is 0 Å². The maximum atomic E-state index is 11.2. The number of methoxy groups -OCH3 is 2. The summed E-state index contributed by atoms with van der Waals surface area (Å²) >= 11 is 0. The van der Waals surface area contributed by atoms with Gasteiger partial charge < -0.3 is 24.2 Å². The molecule has 0 spiro atoms. The van der Waals surface area contributed by atoms with E-state index in [4.69, 9.17) is 14.2 Å². The first-order valence-electron chi connectivity index (χ1n) is 10.2. The maximum Gasteiger partial charge on any atom is 0.161 e. The van der Waals surface area contributed by atoms with E-state index in [1.54, 1.807) is 32.8 Å². The van der Waals surface area contributed by atoms with Crippen molar-refractivity contribution in [2.45, 2.75) is 25.0 Å². The van der Waals surface area contributed by atoms with Crippen molar-refractivity contribution in [2.24, 2.45) is 0 Å². The summed E-state index contributed by atoms with van der Waals surface area (Å²) in [5.41, 5.74) is 0.297. The number of aliphatic hydroxyl groups is 1. The van der Waals surface area contributed by atoms with Gasteiger partial charge in [-0.1, -0.05) is 6.07 Å². The van der Waals surface area contributed by atoms with Crippen molar-refractivity contribution in [2.75, 3.05) is 59.0 Å². The Balaban J connectivity index is 1.61. The molecule has 0 aliphatic carbocycles. The molecule has 164 valence electrons. The summed E-state index contributed by atoms with van der Waals surface area (Å²) in [6.45, 7) is 3.66. The van der Waals surface area contributed by atoms with E-state index in [1.807, 2.05) is 25.2 Å². The molecule has 0 radical (unpaired) electrons. The zero-order valence-corrected chi connectivity index (χ0v) is 18.1. The van der Waals surface area contributed by atoms with Crippen LogP contribution in [0, 0.1) is 0 Å². The van der Waals surface area contributed by atoms with Crippen molar-refractivity contribution in [1.29, 1.82) is 0 Å². The SMILES string of the molecule is COCCOc1cc(CN(C)C[C@]2(O)CCCN(c3cnccn3)C2)ccc1OC. The Labute approximate surface area is 178 Å². The van der Waals surface area contributed by atoms with Crippen LogP contribution in [0.2, 0.25) is 0 Å². The lowest BCUT2D eigenvalue weighted by molar-refractivity contribution is -0.00350. The molecule has 30 heavy (non-hydrogen) atoms. The fourth-order valence-electron chi connectivity index (χ4n) is 3.93. The number of nitrogens with zero attached hydrogens (tertiary/aromatic N) is 4. The van der Waals surface area contributed by atoms with Crippen molar-refractivity contribution < 1.29 is 19.3 Å². The van der Waals surface area contributed by atoms with E-state index in [-0.39, 0.29) is 0 Å². The first-order chi connectivity index (χ1) is 14.5. The molecule has 1 saturated heterocycles. The monoisotopic (exact) mass is 416 g/mol. The van der Waals surface area contributed by atoms with Crippen LogP contribution in [-0.4, -0.2) is 79.7 Å². The normalized spacial score (nSPS) is 19.2.